The highest BCUT2D eigenvalue weighted by atomic mass is 19.1. The van der Waals surface area contributed by atoms with E-state index < -0.39 is 11.8 Å². The SMILES string of the molecule is CC1=C(C(=O)Nc2cccc(C)n2)[C@@H](c2ccc(F)cc2)[C@@H]2C(=O)C[C@@H](C)CC2=N1. The topological polar surface area (TPSA) is 71.4 Å². The third kappa shape index (κ3) is 3.82. The Labute approximate surface area is 175 Å². The van der Waals surface area contributed by atoms with Crippen LogP contribution in [0.15, 0.2) is 58.7 Å². The molecule has 2 aromatic rings. The molecule has 4 rings (SSSR count). The number of carbonyl (C=O) groups is 2. The molecular weight excluding hydrogens is 381 g/mol. The van der Waals surface area contributed by atoms with E-state index in [1.807, 2.05) is 26.0 Å². The molecule has 0 spiro atoms. The molecule has 30 heavy (non-hydrogen) atoms. The number of fused-ring (bicyclic) bond motifs is 1. The molecule has 154 valence electrons. The van der Waals surface area contributed by atoms with Gasteiger partial charge in [-0.25, -0.2) is 9.37 Å². The molecule has 3 atom stereocenters. The molecule has 5 nitrogen and oxygen atoms in total. The van der Waals surface area contributed by atoms with Crippen molar-refractivity contribution >= 4 is 23.2 Å². The first-order valence-electron chi connectivity index (χ1n) is 10.1. The van der Waals surface area contributed by atoms with Crippen molar-refractivity contribution in [3.05, 3.63) is 70.8 Å². The number of anilines is 1. The number of nitrogens with one attached hydrogen (secondary N) is 1. The molecule has 2 heterocycles. The Hall–Kier alpha value is -3.15. The highest BCUT2D eigenvalue weighted by molar-refractivity contribution is 6.14. The summed E-state index contributed by atoms with van der Waals surface area (Å²) in [7, 11) is 0. The number of hydrogen-bond donors (Lipinski definition) is 1. The minimum atomic E-state index is -0.499. The summed E-state index contributed by atoms with van der Waals surface area (Å²) in [6.07, 6.45) is 1.18. The third-order valence-corrected chi connectivity index (χ3v) is 5.76. The zero-order chi connectivity index (χ0) is 21.4. The van der Waals surface area contributed by atoms with Gasteiger partial charge < -0.3 is 5.32 Å². The highest BCUT2D eigenvalue weighted by Crippen LogP contribution is 2.44. The Bertz CT molecular complexity index is 1070. The lowest BCUT2D eigenvalue weighted by atomic mass is 9.67. The molecule has 1 N–H and O–H groups in total. The van der Waals surface area contributed by atoms with Crippen LogP contribution in [0.1, 0.15) is 43.9 Å². The van der Waals surface area contributed by atoms with E-state index >= 15 is 0 Å². The molecule has 1 aliphatic carbocycles. The van der Waals surface area contributed by atoms with E-state index in [0.717, 1.165) is 23.4 Å². The second kappa shape index (κ2) is 7.94. The quantitative estimate of drug-likeness (QED) is 0.812. The number of hydrogen-bond acceptors (Lipinski definition) is 4. The molecule has 1 fully saturated rings. The minimum Gasteiger partial charge on any atom is -0.307 e. The van der Waals surface area contributed by atoms with Gasteiger partial charge >= 0.3 is 0 Å². The summed E-state index contributed by atoms with van der Waals surface area (Å²) < 4.78 is 13.6. The van der Waals surface area contributed by atoms with E-state index in [4.69, 9.17) is 0 Å². The van der Waals surface area contributed by atoms with Crippen LogP contribution < -0.4 is 5.32 Å². The van der Waals surface area contributed by atoms with Gasteiger partial charge in [-0.15, -0.1) is 0 Å². The predicted molar refractivity (Wildman–Crippen MR) is 114 cm³/mol. The molecule has 1 aromatic carbocycles. The van der Waals surface area contributed by atoms with Gasteiger partial charge in [-0.1, -0.05) is 25.1 Å². The molecule has 0 bridgehead atoms. The highest BCUT2D eigenvalue weighted by Gasteiger charge is 2.44. The number of nitrogens with zero attached hydrogens (tertiary/aromatic N) is 2. The number of carbonyl (C=O) groups excluding carboxylic acids is 2. The zero-order valence-electron chi connectivity index (χ0n) is 17.3. The summed E-state index contributed by atoms with van der Waals surface area (Å²) in [5, 5.41) is 2.85. The van der Waals surface area contributed by atoms with Crippen molar-refractivity contribution in [3.8, 4) is 0 Å². The molecule has 1 amide bonds. The van der Waals surface area contributed by atoms with Gasteiger partial charge in [0.05, 0.1) is 5.92 Å². The summed E-state index contributed by atoms with van der Waals surface area (Å²) in [4.78, 5) is 35.4. The fourth-order valence-corrected chi connectivity index (χ4v) is 4.50. The van der Waals surface area contributed by atoms with E-state index in [-0.39, 0.29) is 23.4 Å². The third-order valence-electron chi connectivity index (χ3n) is 5.76. The van der Waals surface area contributed by atoms with Gasteiger partial charge in [-0.3, -0.25) is 14.6 Å². The number of aromatic nitrogens is 1. The Morgan fingerprint density at radius 1 is 1.07 bits per heavy atom. The number of aliphatic imine (C=N–C) groups is 1. The van der Waals surface area contributed by atoms with Crippen LogP contribution in [0.3, 0.4) is 0 Å². The number of pyridine rings is 1. The molecule has 1 saturated carbocycles. The number of halogens is 1. The van der Waals surface area contributed by atoms with Crippen LogP contribution in [-0.2, 0) is 9.59 Å². The van der Waals surface area contributed by atoms with Crippen LogP contribution in [-0.4, -0.2) is 22.4 Å². The molecule has 0 radical (unpaired) electrons. The number of benzene rings is 1. The molecule has 1 aromatic heterocycles. The monoisotopic (exact) mass is 405 g/mol. The van der Waals surface area contributed by atoms with Crippen LogP contribution in [0.25, 0.3) is 0 Å². The Morgan fingerprint density at radius 2 is 1.80 bits per heavy atom. The Morgan fingerprint density at radius 3 is 2.50 bits per heavy atom. The van der Waals surface area contributed by atoms with Crippen molar-refractivity contribution < 1.29 is 14.0 Å². The summed E-state index contributed by atoms with van der Waals surface area (Å²) in [6.45, 7) is 5.68. The first-order valence-corrected chi connectivity index (χ1v) is 10.1. The normalized spacial score (nSPS) is 23.7. The van der Waals surface area contributed by atoms with Crippen molar-refractivity contribution in [1.82, 2.24) is 4.98 Å². The number of ketones is 1. The number of allylic oxidation sites excluding steroid dienone is 1. The van der Waals surface area contributed by atoms with Crippen LogP contribution in [0.2, 0.25) is 0 Å². The van der Waals surface area contributed by atoms with Crippen LogP contribution in [0, 0.1) is 24.6 Å². The van der Waals surface area contributed by atoms with Crippen molar-refractivity contribution in [2.24, 2.45) is 16.8 Å². The molecule has 0 unspecified atom stereocenters. The summed E-state index contributed by atoms with van der Waals surface area (Å²) in [5.41, 5.74) is 3.35. The molecular formula is C24H24FN3O2. The predicted octanol–water partition coefficient (Wildman–Crippen LogP) is 4.60. The van der Waals surface area contributed by atoms with Crippen molar-refractivity contribution in [3.63, 3.8) is 0 Å². The summed E-state index contributed by atoms with van der Waals surface area (Å²) in [6, 6.07) is 11.4. The summed E-state index contributed by atoms with van der Waals surface area (Å²) >= 11 is 0. The smallest absolute Gasteiger partial charge is 0.255 e. The molecule has 0 saturated heterocycles. The average Bonchev–Trinajstić information content (AvgIpc) is 2.67. The van der Waals surface area contributed by atoms with E-state index in [1.54, 1.807) is 25.1 Å². The molecule has 2 aliphatic rings. The fraction of sp³-hybridized carbons (Fsp3) is 0.333. The lowest BCUT2D eigenvalue weighted by Gasteiger charge is -2.37. The van der Waals surface area contributed by atoms with E-state index in [2.05, 4.69) is 15.3 Å². The van der Waals surface area contributed by atoms with Crippen molar-refractivity contribution in [1.29, 1.82) is 0 Å². The van der Waals surface area contributed by atoms with E-state index in [1.165, 1.54) is 12.1 Å². The van der Waals surface area contributed by atoms with Gasteiger partial charge in [0.25, 0.3) is 5.91 Å². The Balaban J connectivity index is 1.79. The van der Waals surface area contributed by atoms with Crippen LogP contribution in [0.5, 0.6) is 0 Å². The number of rotatable bonds is 3. The maximum atomic E-state index is 13.6. The lowest BCUT2D eigenvalue weighted by molar-refractivity contribution is -0.123. The van der Waals surface area contributed by atoms with Crippen LogP contribution >= 0.6 is 0 Å². The van der Waals surface area contributed by atoms with Gasteiger partial charge in [0.2, 0.25) is 0 Å². The first kappa shape index (κ1) is 20.1. The van der Waals surface area contributed by atoms with Gasteiger partial charge in [0, 0.05) is 35.0 Å². The van der Waals surface area contributed by atoms with Crippen LogP contribution in [0.4, 0.5) is 10.2 Å². The second-order valence-corrected chi connectivity index (χ2v) is 8.21. The minimum absolute atomic E-state index is 0.0771. The first-order chi connectivity index (χ1) is 14.3. The number of Topliss-reactive ketones (excluding diaryl/α,β-unsaturated/α-hetero) is 1. The second-order valence-electron chi connectivity index (χ2n) is 8.21. The van der Waals surface area contributed by atoms with Gasteiger partial charge in [-0.05, 0) is 56.0 Å². The largest absolute Gasteiger partial charge is 0.307 e. The van der Waals surface area contributed by atoms with Crippen molar-refractivity contribution in [2.45, 2.75) is 39.5 Å². The van der Waals surface area contributed by atoms with Gasteiger partial charge in [-0.2, -0.15) is 0 Å². The lowest BCUT2D eigenvalue weighted by Crippen LogP contribution is -2.41. The standard InChI is InChI=1S/C24H24FN3O2/c1-13-11-18-23(19(29)12-13)22(16-7-9-17(25)10-8-16)21(15(3)27-18)24(30)28-20-6-4-5-14(2)26-20/h4-10,13,22-23H,11-12H2,1-3H3,(H,26,28,30)/t13-,22+,23-/m0/s1. The fourth-order valence-electron chi connectivity index (χ4n) is 4.50. The van der Waals surface area contributed by atoms with Gasteiger partial charge in [0.15, 0.2) is 0 Å². The number of amides is 1. The van der Waals surface area contributed by atoms with Crippen molar-refractivity contribution in [2.75, 3.05) is 5.32 Å². The maximum absolute atomic E-state index is 13.6. The molecule has 1 aliphatic heterocycles. The van der Waals surface area contributed by atoms with Gasteiger partial charge in [0.1, 0.15) is 17.4 Å². The Kier molecular flexibility index (Phi) is 5.33. The molecule has 6 heteroatoms. The van der Waals surface area contributed by atoms with E-state index in [0.29, 0.717) is 23.5 Å². The summed E-state index contributed by atoms with van der Waals surface area (Å²) in [5.74, 6) is -0.952. The zero-order valence-corrected chi connectivity index (χ0v) is 17.3. The van der Waals surface area contributed by atoms with E-state index in [9.17, 15) is 14.0 Å². The average molecular weight is 405 g/mol. The number of aryl methyl sites for hydroxylation is 1. The maximum Gasteiger partial charge on any atom is 0.255 e.